The lowest BCUT2D eigenvalue weighted by atomic mass is 9.87. The molecular formula is C26H36F3N9O2. The zero-order valence-electron chi connectivity index (χ0n) is 23.0. The highest BCUT2D eigenvalue weighted by Crippen LogP contribution is 2.35. The van der Waals surface area contributed by atoms with Gasteiger partial charge in [0.2, 0.25) is 5.95 Å². The van der Waals surface area contributed by atoms with Crippen LogP contribution in [0.15, 0.2) is 40.9 Å². The third-order valence-electron chi connectivity index (χ3n) is 7.16. The maximum absolute atomic E-state index is 13.6. The predicted molar refractivity (Wildman–Crippen MR) is 143 cm³/mol. The molecule has 0 spiro atoms. The van der Waals surface area contributed by atoms with Crippen molar-refractivity contribution in [2.24, 2.45) is 10.3 Å². The molecule has 2 unspecified atom stereocenters. The van der Waals surface area contributed by atoms with E-state index in [-0.39, 0.29) is 42.6 Å². The fourth-order valence-electron chi connectivity index (χ4n) is 5.30. The third-order valence-corrected chi connectivity index (χ3v) is 7.16. The van der Waals surface area contributed by atoms with Crippen molar-refractivity contribution in [1.29, 1.82) is 0 Å². The lowest BCUT2D eigenvalue weighted by Crippen LogP contribution is -2.57. The molecule has 2 aliphatic rings. The Morgan fingerprint density at radius 3 is 2.33 bits per heavy atom. The summed E-state index contributed by atoms with van der Waals surface area (Å²) in [6.07, 6.45) is 0.167. The molecule has 14 heteroatoms. The van der Waals surface area contributed by atoms with E-state index in [9.17, 15) is 18.0 Å². The largest absolute Gasteiger partial charge is 0.447 e. The second-order valence-corrected chi connectivity index (χ2v) is 10.4. The molecule has 0 aliphatic carbocycles. The monoisotopic (exact) mass is 563 g/mol. The summed E-state index contributed by atoms with van der Waals surface area (Å²) in [5.41, 5.74) is 11.6. The van der Waals surface area contributed by atoms with Gasteiger partial charge in [0, 0.05) is 48.3 Å². The van der Waals surface area contributed by atoms with Crippen LogP contribution in [0.1, 0.15) is 76.2 Å². The number of hydrogen-bond donors (Lipinski definition) is 3. The molecule has 40 heavy (non-hydrogen) atoms. The van der Waals surface area contributed by atoms with Gasteiger partial charge >= 0.3 is 12.3 Å². The van der Waals surface area contributed by atoms with Crippen LogP contribution in [0.25, 0.3) is 0 Å². The molecule has 0 radical (unpaired) electrons. The number of nitrogen functional groups attached to an aromatic ring is 1. The number of alkyl halides is 3. The molecule has 1 amide bonds. The summed E-state index contributed by atoms with van der Waals surface area (Å²) in [7, 11) is 0. The normalized spacial score (nSPS) is 22.9. The standard InChI is InChI=1S/C26H36F3N9O2/c1-5-20-10-22(11-21(6-2)38(20)25(39)40-15(3)4)37(14-16-7-18(26(27,28)29)9-19(30)8-16)24-31-12-17(13-32-24)23-33-35-36-34-23/h7-9,12-13,15,20-23H,5-6,10-11,14,30H2,1-4H3,(H,33,36)(H,34,35)/t20-,21+,22?. The lowest BCUT2D eigenvalue weighted by molar-refractivity contribution is -0.137. The second kappa shape index (κ2) is 12.2. The van der Waals surface area contributed by atoms with Crippen LogP contribution in [0.5, 0.6) is 0 Å². The number of amides is 1. The van der Waals surface area contributed by atoms with Gasteiger partial charge in [-0.1, -0.05) is 19.1 Å². The Bertz CT molecular complexity index is 1180. The first-order chi connectivity index (χ1) is 19.0. The van der Waals surface area contributed by atoms with Crippen molar-refractivity contribution in [2.45, 2.75) is 96.5 Å². The first-order valence-corrected chi connectivity index (χ1v) is 13.4. The molecule has 11 nitrogen and oxygen atoms in total. The maximum atomic E-state index is 13.6. The second-order valence-electron chi connectivity index (χ2n) is 10.4. The number of halogens is 3. The van der Waals surface area contributed by atoms with Gasteiger partial charge < -0.3 is 20.3 Å². The molecule has 4 rings (SSSR count). The van der Waals surface area contributed by atoms with Gasteiger partial charge in [0.1, 0.15) is 0 Å². The molecule has 1 aromatic carbocycles. The van der Waals surface area contributed by atoms with E-state index in [2.05, 4.69) is 31.3 Å². The Labute approximate surface area is 231 Å². The molecule has 2 aliphatic heterocycles. The van der Waals surface area contributed by atoms with E-state index in [0.717, 1.165) is 12.1 Å². The molecule has 218 valence electrons. The number of piperidine rings is 1. The van der Waals surface area contributed by atoms with Crippen LogP contribution < -0.4 is 21.6 Å². The van der Waals surface area contributed by atoms with Crippen molar-refractivity contribution < 1.29 is 22.7 Å². The van der Waals surface area contributed by atoms with Gasteiger partial charge in [-0.3, -0.25) is 0 Å². The van der Waals surface area contributed by atoms with Gasteiger partial charge in [-0.15, -0.1) is 5.11 Å². The Morgan fingerprint density at radius 1 is 1.15 bits per heavy atom. The van der Waals surface area contributed by atoms with Crippen LogP contribution in [-0.2, 0) is 17.5 Å². The van der Waals surface area contributed by atoms with Gasteiger partial charge in [0.15, 0.2) is 6.17 Å². The molecule has 0 saturated carbocycles. The highest BCUT2D eigenvalue weighted by Gasteiger charge is 2.41. The van der Waals surface area contributed by atoms with E-state index in [4.69, 9.17) is 10.5 Å². The average Bonchev–Trinajstić information content (AvgIpc) is 3.45. The first-order valence-electron chi connectivity index (χ1n) is 13.4. The number of ether oxygens (including phenoxy) is 1. The van der Waals surface area contributed by atoms with Crippen molar-refractivity contribution in [1.82, 2.24) is 25.8 Å². The van der Waals surface area contributed by atoms with E-state index < -0.39 is 17.9 Å². The molecule has 3 heterocycles. The smallest absolute Gasteiger partial charge is 0.416 e. The number of likely N-dealkylation sites (tertiary alicyclic amines) is 1. The summed E-state index contributed by atoms with van der Waals surface area (Å²) in [5.74, 6) is 0.357. The zero-order chi connectivity index (χ0) is 29.0. The number of nitrogens with one attached hydrogen (secondary N) is 2. The van der Waals surface area contributed by atoms with Crippen molar-refractivity contribution in [2.75, 3.05) is 10.6 Å². The highest BCUT2D eigenvalue weighted by molar-refractivity contribution is 5.69. The fourth-order valence-corrected chi connectivity index (χ4v) is 5.30. The minimum atomic E-state index is -4.54. The Balaban J connectivity index is 1.69. The number of carbonyl (C=O) groups is 1. The summed E-state index contributed by atoms with van der Waals surface area (Å²) in [4.78, 5) is 25.9. The topological polar surface area (TPSA) is 133 Å². The Hall–Kier alpha value is -3.68. The van der Waals surface area contributed by atoms with Crippen molar-refractivity contribution >= 4 is 17.7 Å². The summed E-state index contributed by atoms with van der Waals surface area (Å²) in [6.45, 7) is 7.75. The van der Waals surface area contributed by atoms with Crippen LogP contribution in [-0.4, -0.2) is 45.2 Å². The van der Waals surface area contributed by atoms with E-state index in [1.165, 1.54) is 6.07 Å². The number of benzene rings is 1. The summed E-state index contributed by atoms with van der Waals surface area (Å²) >= 11 is 0. The van der Waals surface area contributed by atoms with Gasteiger partial charge in [-0.05, 0) is 63.3 Å². The van der Waals surface area contributed by atoms with Crippen LogP contribution in [0.4, 0.5) is 29.6 Å². The molecular weight excluding hydrogens is 527 g/mol. The molecule has 1 fully saturated rings. The predicted octanol–water partition coefficient (Wildman–Crippen LogP) is 5.12. The molecule has 1 saturated heterocycles. The molecule has 1 aromatic heterocycles. The van der Waals surface area contributed by atoms with Crippen LogP contribution >= 0.6 is 0 Å². The van der Waals surface area contributed by atoms with Crippen LogP contribution in [0.3, 0.4) is 0 Å². The summed E-state index contributed by atoms with van der Waals surface area (Å²) in [5, 5.41) is 7.70. The minimum absolute atomic E-state index is 0.0235. The fraction of sp³-hybridized carbons (Fsp3) is 0.577. The minimum Gasteiger partial charge on any atom is -0.447 e. The summed E-state index contributed by atoms with van der Waals surface area (Å²) < 4.78 is 46.3. The van der Waals surface area contributed by atoms with Gasteiger partial charge in [-0.2, -0.15) is 18.6 Å². The van der Waals surface area contributed by atoms with E-state index in [0.29, 0.717) is 42.8 Å². The molecule has 0 bridgehead atoms. The third kappa shape index (κ3) is 6.72. The lowest BCUT2D eigenvalue weighted by Gasteiger charge is -2.47. The molecule has 2 aromatic rings. The zero-order valence-corrected chi connectivity index (χ0v) is 23.0. The molecule has 4 atom stereocenters. The SMILES string of the molecule is CC[C@@H]1CC(N(Cc2cc(N)cc(C(F)(F)F)c2)c2ncc(C3N=NNN3)cn2)C[C@H](CC)N1C(=O)OC(C)C. The number of nitrogens with zero attached hydrogens (tertiary/aromatic N) is 6. The number of anilines is 2. The quantitative estimate of drug-likeness (QED) is 0.377. The van der Waals surface area contributed by atoms with Crippen LogP contribution in [0.2, 0.25) is 0 Å². The van der Waals surface area contributed by atoms with Gasteiger partial charge in [0.25, 0.3) is 0 Å². The van der Waals surface area contributed by atoms with E-state index >= 15 is 0 Å². The summed E-state index contributed by atoms with van der Waals surface area (Å²) in [6, 6.07) is 3.15. The Kier molecular flexibility index (Phi) is 8.96. The number of nitrogens with two attached hydrogens (primary N) is 1. The van der Waals surface area contributed by atoms with Gasteiger partial charge in [-0.25, -0.2) is 20.3 Å². The number of hydrazine groups is 1. The number of carbonyl (C=O) groups excluding carboxylic acids is 1. The van der Waals surface area contributed by atoms with E-state index in [1.807, 2.05) is 37.5 Å². The average molecular weight is 564 g/mol. The Morgan fingerprint density at radius 2 is 1.80 bits per heavy atom. The number of aromatic nitrogens is 2. The number of hydrogen-bond acceptors (Lipinski definition) is 10. The molecule has 4 N–H and O–H groups in total. The maximum Gasteiger partial charge on any atom is 0.416 e. The van der Waals surface area contributed by atoms with Crippen molar-refractivity contribution in [3.63, 3.8) is 0 Å². The number of rotatable bonds is 8. The highest BCUT2D eigenvalue weighted by atomic mass is 19.4. The van der Waals surface area contributed by atoms with Crippen molar-refractivity contribution in [3.05, 3.63) is 47.3 Å². The van der Waals surface area contributed by atoms with Crippen molar-refractivity contribution in [3.8, 4) is 0 Å². The van der Waals surface area contributed by atoms with Crippen LogP contribution in [0, 0.1) is 0 Å². The first kappa shape index (κ1) is 29.3. The van der Waals surface area contributed by atoms with Gasteiger partial charge in [0.05, 0.1) is 11.7 Å². The van der Waals surface area contributed by atoms with E-state index in [1.54, 1.807) is 12.4 Å².